The summed E-state index contributed by atoms with van der Waals surface area (Å²) in [5.41, 5.74) is 0. The van der Waals surface area contributed by atoms with Gasteiger partial charge in [-0.3, -0.25) is 0 Å². The van der Waals surface area contributed by atoms with E-state index in [4.69, 9.17) is 0 Å². The van der Waals surface area contributed by atoms with Crippen LogP contribution < -0.4 is 0 Å². The molecule has 1 rings (SSSR count). The van der Waals surface area contributed by atoms with Gasteiger partial charge >= 0.3 is 0 Å². The van der Waals surface area contributed by atoms with Crippen molar-refractivity contribution in [2.45, 2.75) is 39.0 Å². The topological polar surface area (TPSA) is 6.48 Å². The summed E-state index contributed by atoms with van der Waals surface area (Å²) in [6, 6.07) is 0. The Morgan fingerprint density at radius 3 is 2.20 bits per heavy atom. The van der Waals surface area contributed by atoms with Crippen LogP contribution in [0.5, 0.6) is 0 Å². The Bertz CT molecular complexity index is 147. The summed E-state index contributed by atoms with van der Waals surface area (Å²) >= 11 is 0. The molecule has 0 spiro atoms. The molecule has 0 aliphatic carbocycles. The second-order valence-corrected chi connectivity index (χ2v) is 5.25. The third-order valence-electron chi connectivity index (χ3n) is 3.34. The van der Waals surface area contributed by atoms with Crippen molar-refractivity contribution in [3.63, 3.8) is 0 Å². The molecule has 0 unspecified atom stereocenters. The first-order chi connectivity index (χ1) is 7.22. The van der Waals surface area contributed by atoms with Crippen LogP contribution in [-0.2, 0) is 0 Å². The molecule has 1 heterocycles. The normalized spacial score (nSPS) is 21.6. The van der Waals surface area contributed by atoms with Crippen molar-refractivity contribution in [3.8, 4) is 0 Å². The molecule has 1 saturated heterocycles. The van der Waals surface area contributed by atoms with Gasteiger partial charge in [-0.2, -0.15) is 0 Å². The fourth-order valence-corrected chi connectivity index (χ4v) is 2.70. The quantitative estimate of drug-likeness (QED) is 0.706. The van der Waals surface area contributed by atoms with Gasteiger partial charge in [0.15, 0.2) is 0 Å². The Morgan fingerprint density at radius 1 is 1.13 bits per heavy atom. The monoisotopic (exact) mass is 212 g/mol. The van der Waals surface area contributed by atoms with Crippen LogP contribution in [0.1, 0.15) is 39.0 Å². The van der Waals surface area contributed by atoms with Crippen molar-refractivity contribution in [2.24, 2.45) is 5.92 Å². The number of rotatable bonds is 4. The lowest BCUT2D eigenvalue weighted by atomic mass is 9.95. The predicted octanol–water partition coefficient (Wildman–Crippen LogP) is 2.45. The lowest BCUT2D eigenvalue weighted by molar-refractivity contribution is 0.205. The zero-order chi connectivity index (χ0) is 11.1. The molecule has 0 aromatic carbocycles. The zero-order valence-corrected chi connectivity index (χ0v) is 10.8. The molecule has 0 aromatic rings. The third-order valence-corrected chi connectivity index (χ3v) is 3.34. The Labute approximate surface area is 95.6 Å². The average Bonchev–Trinajstić information content (AvgIpc) is 2.12. The summed E-state index contributed by atoms with van der Waals surface area (Å²) in [5.74, 6) is 0.948. The van der Waals surface area contributed by atoms with Gasteiger partial charge in [0.1, 0.15) is 0 Å². The highest BCUT2D eigenvalue weighted by Crippen LogP contribution is 2.18. The van der Waals surface area contributed by atoms with E-state index in [-0.39, 0.29) is 0 Å². The molecule has 15 heavy (non-hydrogen) atoms. The molecular formula is C13H28N2. The lowest BCUT2D eigenvalue weighted by Gasteiger charge is -2.28. The average molecular weight is 212 g/mol. The summed E-state index contributed by atoms with van der Waals surface area (Å²) in [7, 11) is 4.39. The minimum absolute atomic E-state index is 0.948. The van der Waals surface area contributed by atoms with E-state index < -0.39 is 0 Å². The summed E-state index contributed by atoms with van der Waals surface area (Å²) < 4.78 is 0. The highest BCUT2D eigenvalue weighted by atomic mass is 15.1. The minimum Gasteiger partial charge on any atom is -0.309 e. The van der Waals surface area contributed by atoms with Crippen LogP contribution in [0.3, 0.4) is 0 Å². The van der Waals surface area contributed by atoms with Gasteiger partial charge in [0.05, 0.1) is 0 Å². The van der Waals surface area contributed by atoms with Gasteiger partial charge in [0, 0.05) is 6.54 Å². The van der Waals surface area contributed by atoms with Gasteiger partial charge in [-0.1, -0.05) is 6.92 Å². The predicted molar refractivity (Wildman–Crippen MR) is 67.2 cm³/mol. The fourth-order valence-electron chi connectivity index (χ4n) is 2.70. The van der Waals surface area contributed by atoms with Gasteiger partial charge in [0.25, 0.3) is 0 Å². The van der Waals surface area contributed by atoms with Crippen LogP contribution in [0.15, 0.2) is 0 Å². The molecular weight excluding hydrogens is 184 g/mol. The van der Waals surface area contributed by atoms with Gasteiger partial charge in [0.2, 0.25) is 0 Å². The fraction of sp³-hybridized carbons (Fsp3) is 1.00. The SMILES string of the molecule is CCCN1CCCC(CN(C)C)CCC1. The van der Waals surface area contributed by atoms with Crippen molar-refractivity contribution >= 4 is 0 Å². The number of nitrogens with zero attached hydrogens (tertiary/aromatic N) is 2. The molecule has 0 bridgehead atoms. The van der Waals surface area contributed by atoms with E-state index in [9.17, 15) is 0 Å². The van der Waals surface area contributed by atoms with Crippen LogP contribution in [0.2, 0.25) is 0 Å². The van der Waals surface area contributed by atoms with Crippen molar-refractivity contribution in [2.75, 3.05) is 40.3 Å². The van der Waals surface area contributed by atoms with Crippen LogP contribution in [0.25, 0.3) is 0 Å². The maximum atomic E-state index is 2.64. The molecule has 0 atom stereocenters. The number of hydrogen-bond donors (Lipinski definition) is 0. The second-order valence-electron chi connectivity index (χ2n) is 5.25. The first-order valence-electron chi connectivity index (χ1n) is 6.59. The maximum absolute atomic E-state index is 2.64. The minimum atomic E-state index is 0.948. The Hall–Kier alpha value is -0.0800. The van der Waals surface area contributed by atoms with E-state index in [1.807, 2.05) is 0 Å². The molecule has 0 amide bonds. The van der Waals surface area contributed by atoms with E-state index in [0.29, 0.717) is 0 Å². The van der Waals surface area contributed by atoms with Crippen LogP contribution in [0, 0.1) is 5.92 Å². The zero-order valence-electron chi connectivity index (χ0n) is 10.8. The van der Waals surface area contributed by atoms with Gasteiger partial charge < -0.3 is 9.80 Å². The van der Waals surface area contributed by atoms with E-state index >= 15 is 0 Å². The maximum Gasteiger partial charge on any atom is 0.000357 e. The van der Waals surface area contributed by atoms with Gasteiger partial charge in [-0.25, -0.2) is 0 Å². The summed E-state index contributed by atoms with van der Waals surface area (Å²) in [6.07, 6.45) is 6.97. The molecule has 0 N–H and O–H groups in total. The van der Waals surface area contributed by atoms with Crippen molar-refractivity contribution in [3.05, 3.63) is 0 Å². The van der Waals surface area contributed by atoms with Crippen LogP contribution >= 0.6 is 0 Å². The van der Waals surface area contributed by atoms with Crippen LogP contribution in [-0.4, -0.2) is 50.1 Å². The van der Waals surface area contributed by atoms with Gasteiger partial charge in [-0.15, -0.1) is 0 Å². The Kier molecular flexibility index (Phi) is 6.26. The number of hydrogen-bond acceptors (Lipinski definition) is 2. The number of likely N-dealkylation sites (tertiary alicyclic amines) is 1. The highest BCUT2D eigenvalue weighted by Gasteiger charge is 2.14. The summed E-state index contributed by atoms with van der Waals surface area (Å²) in [6.45, 7) is 7.54. The largest absolute Gasteiger partial charge is 0.309 e. The third kappa shape index (κ3) is 5.53. The standard InChI is InChI=1S/C13H28N2/c1-4-9-15-10-5-7-13(8-6-11-15)12-14(2)3/h13H,4-12H2,1-3H3. The lowest BCUT2D eigenvalue weighted by Crippen LogP contribution is -2.31. The van der Waals surface area contributed by atoms with Crippen molar-refractivity contribution in [1.29, 1.82) is 0 Å². The smallest absolute Gasteiger partial charge is 0.000357 e. The molecule has 2 nitrogen and oxygen atoms in total. The molecule has 1 aliphatic rings. The molecule has 1 fully saturated rings. The first-order valence-corrected chi connectivity index (χ1v) is 6.59. The summed E-state index contributed by atoms with van der Waals surface area (Å²) in [5, 5.41) is 0. The van der Waals surface area contributed by atoms with Crippen molar-refractivity contribution < 1.29 is 0 Å². The van der Waals surface area contributed by atoms with E-state index in [0.717, 1.165) is 5.92 Å². The Balaban J connectivity index is 2.24. The van der Waals surface area contributed by atoms with Crippen molar-refractivity contribution in [1.82, 2.24) is 9.80 Å². The first kappa shape index (κ1) is 13.0. The summed E-state index contributed by atoms with van der Waals surface area (Å²) in [4.78, 5) is 4.99. The molecule has 0 aromatic heterocycles. The molecule has 0 saturated carbocycles. The molecule has 90 valence electrons. The van der Waals surface area contributed by atoms with E-state index in [1.54, 1.807) is 0 Å². The van der Waals surface area contributed by atoms with E-state index in [2.05, 4.69) is 30.8 Å². The highest BCUT2D eigenvalue weighted by molar-refractivity contribution is 4.69. The van der Waals surface area contributed by atoms with E-state index in [1.165, 1.54) is 58.3 Å². The Morgan fingerprint density at radius 2 is 1.73 bits per heavy atom. The molecule has 1 aliphatic heterocycles. The van der Waals surface area contributed by atoms with Gasteiger partial charge in [-0.05, 0) is 71.8 Å². The molecule has 2 heteroatoms. The molecule has 0 radical (unpaired) electrons. The second kappa shape index (κ2) is 7.24. The van der Waals surface area contributed by atoms with Crippen LogP contribution in [0.4, 0.5) is 0 Å².